The van der Waals surface area contributed by atoms with Gasteiger partial charge in [-0.3, -0.25) is 0 Å². The molecule has 3 fully saturated rings. The first-order valence-corrected chi connectivity index (χ1v) is 5.22. The van der Waals surface area contributed by atoms with Crippen molar-refractivity contribution in [1.82, 2.24) is 0 Å². The minimum absolute atomic E-state index is 0.201. The van der Waals surface area contributed by atoms with Gasteiger partial charge in [0.2, 0.25) is 0 Å². The van der Waals surface area contributed by atoms with Gasteiger partial charge in [-0.1, -0.05) is 0 Å². The average molecular weight is 220 g/mol. The van der Waals surface area contributed by atoms with Gasteiger partial charge in [0, 0.05) is 0 Å². The first-order chi connectivity index (χ1) is 6.92. The Morgan fingerprint density at radius 2 is 1.80 bits per heavy atom. The Labute approximate surface area is 84.8 Å². The van der Waals surface area contributed by atoms with Crippen molar-refractivity contribution in [3.8, 4) is 0 Å². The number of hydrogen-bond donors (Lipinski definition) is 0. The van der Waals surface area contributed by atoms with Gasteiger partial charge < -0.3 is 4.74 Å². The van der Waals surface area contributed by atoms with E-state index in [0.717, 1.165) is 19.3 Å². The molecule has 0 radical (unpaired) electrons. The largest absolute Gasteiger partial charge is 0.490 e. The summed E-state index contributed by atoms with van der Waals surface area (Å²) >= 11 is 0. The number of ether oxygens (including phenoxy) is 1. The minimum atomic E-state index is -4.85. The highest BCUT2D eigenvalue weighted by molar-refractivity contribution is 5.76. The van der Waals surface area contributed by atoms with E-state index in [0.29, 0.717) is 12.3 Å². The molecular formula is C10H11F3O2. The van der Waals surface area contributed by atoms with E-state index in [9.17, 15) is 18.0 Å². The van der Waals surface area contributed by atoms with Crippen molar-refractivity contribution in [3.63, 3.8) is 0 Å². The van der Waals surface area contributed by atoms with Gasteiger partial charge in [0.1, 0.15) is 5.60 Å². The van der Waals surface area contributed by atoms with Crippen LogP contribution in [0.15, 0.2) is 0 Å². The number of rotatable bonds is 1. The molecule has 4 atom stereocenters. The zero-order valence-electron chi connectivity index (χ0n) is 8.01. The lowest BCUT2D eigenvalue weighted by Crippen LogP contribution is -2.55. The molecule has 3 aliphatic rings. The predicted octanol–water partition coefficient (Wildman–Crippen LogP) is 2.28. The summed E-state index contributed by atoms with van der Waals surface area (Å²) in [5.74, 6) is -1.10. The lowest BCUT2D eigenvalue weighted by molar-refractivity contribution is -0.235. The monoisotopic (exact) mass is 220 g/mol. The van der Waals surface area contributed by atoms with E-state index in [-0.39, 0.29) is 11.8 Å². The zero-order chi connectivity index (χ0) is 10.8. The van der Waals surface area contributed by atoms with Crippen LogP contribution in [0.5, 0.6) is 0 Å². The number of carbonyl (C=O) groups excluding carboxylic acids is 1. The summed E-state index contributed by atoms with van der Waals surface area (Å²) < 4.78 is 41.0. The smallest absolute Gasteiger partial charge is 0.452 e. The second-order valence-corrected chi connectivity index (χ2v) is 5.01. The molecule has 0 heterocycles. The molecule has 0 aromatic rings. The van der Waals surface area contributed by atoms with Crippen LogP contribution in [0, 0.1) is 17.8 Å². The molecule has 0 saturated heterocycles. The molecular weight excluding hydrogens is 209 g/mol. The van der Waals surface area contributed by atoms with Gasteiger partial charge in [-0.05, 0) is 43.4 Å². The van der Waals surface area contributed by atoms with Crippen molar-refractivity contribution in [2.24, 2.45) is 17.8 Å². The SMILES string of the molecule is O=C(OC12CC3C[C@@H]1C[C@@H]2C3)C(F)(F)F. The van der Waals surface area contributed by atoms with Crippen LogP contribution in [0.25, 0.3) is 0 Å². The molecule has 84 valence electrons. The second-order valence-electron chi connectivity index (χ2n) is 5.01. The Morgan fingerprint density at radius 3 is 2.20 bits per heavy atom. The molecule has 0 aliphatic heterocycles. The summed E-state index contributed by atoms with van der Waals surface area (Å²) in [4.78, 5) is 10.8. The van der Waals surface area contributed by atoms with Crippen LogP contribution >= 0.6 is 0 Å². The lowest BCUT2D eigenvalue weighted by Gasteiger charge is -2.51. The molecule has 5 heteroatoms. The fraction of sp³-hybridized carbons (Fsp3) is 0.900. The van der Waals surface area contributed by atoms with Crippen LogP contribution in [-0.2, 0) is 9.53 Å². The van der Waals surface area contributed by atoms with Gasteiger partial charge in [0.25, 0.3) is 0 Å². The second kappa shape index (κ2) is 2.50. The lowest BCUT2D eigenvalue weighted by atomic mass is 9.60. The molecule has 0 amide bonds. The molecule has 2 bridgehead atoms. The molecule has 3 rings (SSSR count). The van der Waals surface area contributed by atoms with Gasteiger partial charge in [-0.15, -0.1) is 0 Å². The van der Waals surface area contributed by atoms with Gasteiger partial charge in [-0.25, -0.2) is 4.79 Å². The van der Waals surface area contributed by atoms with E-state index in [4.69, 9.17) is 4.74 Å². The summed E-state index contributed by atoms with van der Waals surface area (Å²) in [6, 6.07) is 0. The summed E-state index contributed by atoms with van der Waals surface area (Å²) in [7, 11) is 0. The Kier molecular flexibility index (Phi) is 1.58. The van der Waals surface area contributed by atoms with E-state index >= 15 is 0 Å². The van der Waals surface area contributed by atoms with Crippen molar-refractivity contribution in [2.75, 3.05) is 0 Å². The highest BCUT2D eigenvalue weighted by Crippen LogP contribution is 2.67. The summed E-state index contributed by atoms with van der Waals surface area (Å²) in [6.45, 7) is 0. The van der Waals surface area contributed by atoms with Gasteiger partial charge in [0.15, 0.2) is 0 Å². The molecule has 3 saturated carbocycles. The Balaban J connectivity index is 1.77. The average Bonchev–Trinajstić information content (AvgIpc) is 2.53. The van der Waals surface area contributed by atoms with Crippen molar-refractivity contribution >= 4 is 5.97 Å². The van der Waals surface area contributed by atoms with Crippen LogP contribution in [-0.4, -0.2) is 17.7 Å². The summed E-state index contributed by atoms with van der Waals surface area (Å²) in [6.07, 6.45) is -1.35. The van der Waals surface area contributed by atoms with Gasteiger partial charge in [-0.2, -0.15) is 13.2 Å². The Bertz CT molecular complexity index is 311. The normalized spacial score (nSPS) is 46.5. The van der Waals surface area contributed by atoms with Gasteiger partial charge in [0.05, 0.1) is 0 Å². The quantitative estimate of drug-likeness (QED) is 0.634. The third kappa shape index (κ3) is 1.09. The molecule has 0 aromatic carbocycles. The molecule has 3 aliphatic carbocycles. The van der Waals surface area contributed by atoms with Crippen LogP contribution in [0.2, 0.25) is 0 Å². The highest BCUT2D eigenvalue weighted by atomic mass is 19.4. The standard InChI is InChI=1S/C10H11F3O2/c11-10(12,13)8(14)15-9-4-5-1-6(9)3-7(9)2-5/h5-7H,1-4H2/t5?,6-,7+,9?. The number of fused-ring (bicyclic) bond motifs is 1. The molecule has 2 unspecified atom stereocenters. The highest BCUT2D eigenvalue weighted by Gasteiger charge is 2.69. The Hall–Kier alpha value is -0.740. The summed E-state index contributed by atoms with van der Waals surface area (Å²) in [5.41, 5.74) is -0.725. The van der Waals surface area contributed by atoms with Crippen molar-refractivity contribution in [3.05, 3.63) is 0 Å². The van der Waals surface area contributed by atoms with Gasteiger partial charge >= 0.3 is 12.1 Å². The predicted molar refractivity (Wildman–Crippen MR) is 43.8 cm³/mol. The van der Waals surface area contributed by atoms with Crippen molar-refractivity contribution in [2.45, 2.75) is 37.5 Å². The fourth-order valence-electron chi connectivity index (χ4n) is 3.80. The third-order valence-corrected chi connectivity index (χ3v) is 4.31. The van der Waals surface area contributed by atoms with Crippen LogP contribution in [0.4, 0.5) is 13.2 Å². The molecule has 0 spiro atoms. The van der Waals surface area contributed by atoms with Crippen molar-refractivity contribution < 1.29 is 22.7 Å². The molecule has 2 nitrogen and oxygen atoms in total. The molecule has 0 aromatic heterocycles. The third-order valence-electron chi connectivity index (χ3n) is 4.31. The van der Waals surface area contributed by atoms with E-state index in [2.05, 4.69) is 0 Å². The summed E-state index contributed by atoms with van der Waals surface area (Å²) in [5, 5.41) is 0. The number of hydrogen-bond acceptors (Lipinski definition) is 2. The zero-order valence-corrected chi connectivity index (χ0v) is 8.01. The maximum atomic E-state index is 12.1. The first-order valence-electron chi connectivity index (χ1n) is 5.22. The van der Waals surface area contributed by atoms with E-state index in [1.54, 1.807) is 0 Å². The molecule has 15 heavy (non-hydrogen) atoms. The first kappa shape index (κ1) is 9.48. The minimum Gasteiger partial charge on any atom is -0.452 e. The molecule has 0 N–H and O–H groups in total. The van der Waals surface area contributed by atoms with E-state index in [1.165, 1.54) is 0 Å². The number of alkyl halides is 3. The maximum absolute atomic E-state index is 12.1. The van der Waals surface area contributed by atoms with E-state index in [1.807, 2.05) is 0 Å². The number of carbonyl (C=O) groups is 1. The Morgan fingerprint density at radius 1 is 1.20 bits per heavy atom. The number of halogens is 3. The maximum Gasteiger partial charge on any atom is 0.490 e. The topological polar surface area (TPSA) is 26.3 Å². The van der Waals surface area contributed by atoms with E-state index < -0.39 is 17.7 Å². The van der Waals surface area contributed by atoms with Crippen LogP contribution < -0.4 is 0 Å². The van der Waals surface area contributed by atoms with Crippen LogP contribution in [0.1, 0.15) is 25.7 Å². The number of esters is 1. The fourth-order valence-corrected chi connectivity index (χ4v) is 3.80. The van der Waals surface area contributed by atoms with Crippen molar-refractivity contribution in [1.29, 1.82) is 0 Å². The van der Waals surface area contributed by atoms with Crippen LogP contribution in [0.3, 0.4) is 0 Å².